The van der Waals surface area contributed by atoms with Crippen molar-refractivity contribution in [2.45, 2.75) is 32.9 Å². The lowest BCUT2D eigenvalue weighted by atomic mass is 10.1. The number of nitrogens with one attached hydrogen (secondary N) is 3. The zero-order valence-corrected chi connectivity index (χ0v) is 16.0. The first kappa shape index (κ1) is 20.8. The number of ether oxygens (including phenoxy) is 1. The van der Waals surface area contributed by atoms with E-state index >= 15 is 0 Å². The molecule has 0 bridgehead atoms. The number of benzene rings is 1. The second-order valence-electron chi connectivity index (χ2n) is 6.83. The highest BCUT2D eigenvalue weighted by molar-refractivity contribution is 5.95. The zero-order chi connectivity index (χ0) is 20.6. The first-order valence-corrected chi connectivity index (χ1v) is 8.63. The van der Waals surface area contributed by atoms with E-state index in [1.807, 2.05) is 0 Å². The first-order chi connectivity index (χ1) is 13.2. The molecule has 1 aromatic heterocycles. The van der Waals surface area contributed by atoms with Crippen LogP contribution in [0.4, 0.5) is 10.5 Å². The van der Waals surface area contributed by atoms with Gasteiger partial charge in [0.2, 0.25) is 5.91 Å². The third kappa shape index (κ3) is 7.02. The molecule has 0 aliphatic carbocycles. The van der Waals surface area contributed by atoms with Crippen molar-refractivity contribution >= 4 is 23.6 Å². The minimum absolute atomic E-state index is 0.186. The molecule has 0 fully saturated rings. The Balaban J connectivity index is 1.90. The summed E-state index contributed by atoms with van der Waals surface area (Å²) in [6.45, 7) is 5.15. The lowest BCUT2D eigenvalue weighted by molar-refractivity contribution is -0.115. The molecule has 0 atom stereocenters. The Hall–Kier alpha value is -3.49. The number of hydrogen-bond acceptors (Lipinski definition) is 6. The van der Waals surface area contributed by atoms with Gasteiger partial charge >= 0.3 is 6.09 Å². The van der Waals surface area contributed by atoms with Crippen molar-refractivity contribution < 1.29 is 19.1 Å². The van der Waals surface area contributed by atoms with Crippen LogP contribution in [0, 0.1) is 0 Å². The summed E-state index contributed by atoms with van der Waals surface area (Å²) >= 11 is 0. The minimum Gasteiger partial charge on any atom is -0.444 e. The Kier molecular flexibility index (Phi) is 7.02. The molecule has 2 aromatic rings. The van der Waals surface area contributed by atoms with E-state index in [9.17, 15) is 14.4 Å². The van der Waals surface area contributed by atoms with Gasteiger partial charge in [-0.15, -0.1) is 0 Å². The molecule has 1 heterocycles. The number of para-hydroxylation sites is 1. The number of amides is 3. The molecule has 9 nitrogen and oxygen atoms in total. The summed E-state index contributed by atoms with van der Waals surface area (Å²) in [5.41, 5.74) is 0.781. The standard InChI is InChI=1S/C19H23N5O4/c1-19(2,3)28-18(27)23-12-16(25)24-14-7-5-4-6-13(14)10-22-17(26)15-11-20-8-9-21-15/h4-9,11H,10,12H2,1-3H3,(H,22,26)(H,23,27)(H,24,25). The van der Waals surface area contributed by atoms with E-state index in [4.69, 9.17) is 4.74 Å². The van der Waals surface area contributed by atoms with Gasteiger partial charge in [-0.1, -0.05) is 18.2 Å². The Morgan fingerprint density at radius 1 is 1.07 bits per heavy atom. The Morgan fingerprint density at radius 3 is 2.50 bits per heavy atom. The van der Waals surface area contributed by atoms with Crippen LogP contribution in [0.2, 0.25) is 0 Å². The maximum atomic E-state index is 12.1. The lowest BCUT2D eigenvalue weighted by Gasteiger charge is -2.19. The highest BCUT2D eigenvalue weighted by atomic mass is 16.6. The molecular weight excluding hydrogens is 362 g/mol. The fourth-order valence-electron chi connectivity index (χ4n) is 2.14. The molecule has 0 saturated heterocycles. The summed E-state index contributed by atoms with van der Waals surface area (Å²) in [6.07, 6.45) is 3.60. The SMILES string of the molecule is CC(C)(C)OC(=O)NCC(=O)Nc1ccccc1CNC(=O)c1cnccn1. The minimum atomic E-state index is -0.674. The molecule has 0 saturated carbocycles. The Bertz CT molecular complexity index is 834. The molecule has 9 heteroatoms. The van der Waals surface area contributed by atoms with E-state index in [0.29, 0.717) is 11.3 Å². The van der Waals surface area contributed by atoms with Crippen molar-refractivity contribution in [1.29, 1.82) is 0 Å². The van der Waals surface area contributed by atoms with E-state index in [2.05, 4.69) is 25.9 Å². The number of aromatic nitrogens is 2. The third-order valence-corrected chi connectivity index (χ3v) is 3.32. The van der Waals surface area contributed by atoms with E-state index in [0.717, 1.165) is 0 Å². The van der Waals surface area contributed by atoms with Crippen molar-refractivity contribution in [3.8, 4) is 0 Å². The van der Waals surface area contributed by atoms with Gasteiger partial charge in [0.05, 0.1) is 6.20 Å². The maximum Gasteiger partial charge on any atom is 0.408 e. The number of carbonyl (C=O) groups is 3. The number of rotatable bonds is 6. The van der Waals surface area contributed by atoms with Crippen molar-refractivity contribution in [2.24, 2.45) is 0 Å². The number of alkyl carbamates (subject to hydrolysis) is 1. The van der Waals surface area contributed by atoms with Crippen LogP contribution in [-0.2, 0) is 16.1 Å². The molecule has 0 radical (unpaired) electrons. The average molecular weight is 385 g/mol. The van der Waals surface area contributed by atoms with Crippen LogP contribution in [0.25, 0.3) is 0 Å². The number of hydrogen-bond donors (Lipinski definition) is 3. The van der Waals surface area contributed by atoms with Crippen LogP contribution in [0.1, 0.15) is 36.8 Å². The van der Waals surface area contributed by atoms with Gasteiger partial charge in [-0.3, -0.25) is 14.6 Å². The van der Waals surface area contributed by atoms with Gasteiger partial charge in [-0.2, -0.15) is 0 Å². The highest BCUT2D eigenvalue weighted by Gasteiger charge is 2.17. The van der Waals surface area contributed by atoms with Crippen molar-refractivity contribution in [3.63, 3.8) is 0 Å². The molecule has 1 aromatic carbocycles. The van der Waals surface area contributed by atoms with Gasteiger partial charge in [0.15, 0.2) is 0 Å². The first-order valence-electron chi connectivity index (χ1n) is 8.63. The van der Waals surface area contributed by atoms with Crippen LogP contribution >= 0.6 is 0 Å². The van der Waals surface area contributed by atoms with Gasteiger partial charge in [0.1, 0.15) is 17.8 Å². The highest BCUT2D eigenvalue weighted by Crippen LogP contribution is 2.15. The van der Waals surface area contributed by atoms with Gasteiger partial charge in [0, 0.05) is 24.6 Å². The molecule has 0 aliphatic heterocycles. The Labute approximate surface area is 162 Å². The molecule has 148 valence electrons. The topological polar surface area (TPSA) is 122 Å². The number of carbonyl (C=O) groups excluding carboxylic acids is 3. The smallest absolute Gasteiger partial charge is 0.408 e. The average Bonchev–Trinajstić information content (AvgIpc) is 2.65. The molecular formula is C19H23N5O4. The molecule has 0 unspecified atom stereocenters. The summed E-state index contributed by atoms with van der Waals surface area (Å²) in [7, 11) is 0. The monoisotopic (exact) mass is 385 g/mol. The summed E-state index contributed by atoms with van der Waals surface area (Å²) in [5, 5.41) is 7.82. The molecule has 0 aliphatic rings. The molecule has 0 spiro atoms. The molecule has 3 N–H and O–H groups in total. The van der Waals surface area contributed by atoms with E-state index in [-0.39, 0.29) is 24.7 Å². The summed E-state index contributed by atoms with van der Waals surface area (Å²) in [4.78, 5) is 43.6. The normalized spacial score (nSPS) is 10.7. The largest absolute Gasteiger partial charge is 0.444 e. The number of nitrogens with zero attached hydrogens (tertiary/aromatic N) is 2. The van der Waals surface area contributed by atoms with Crippen LogP contribution in [0.5, 0.6) is 0 Å². The van der Waals surface area contributed by atoms with E-state index in [1.54, 1.807) is 45.0 Å². The van der Waals surface area contributed by atoms with Gasteiger partial charge in [-0.25, -0.2) is 9.78 Å². The lowest BCUT2D eigenvalue weighted by Crippen LogP contribution is -2.37. The van der Waals surface area contributed by atoms with Crippen molar-refractivity contribution in [2.75, 3.05) is 11.9 Å². The second kappa shape index (κ2) is 9.45. The third-order valence-electron chi connectivity index (χ3n) is 3.32. The predicted molar refractivity (Wildman–Crippen MR) is 103 cm³/mol. The fourth-order valence-corrected chi connectivity index (χ4v) is 2.14. The summed E-state index contributed by atoms with van der Waals surface area (Å²) < 4.78 is 5.08. The van der Waals surface area contributed by atoms with Crippen LogP contribution in [0.3, 0.4) is 0 Å². The van der Waals surface area contributed by atoms with Crippen molar-refractivity contribution in [1.82, 2.24) is 20.6 Å². The quantitative estimate of drug-likeness (QED) is 0.698. The van der Waals surface area contributed by atoms with Crippen LogP contribution in [0.15, 0.2) is 42.9 Å². The fraction of sp³-hybridized carbons (Fsp3) is 0.316. The predicted octanol–water partition coefficient (Wildman–Crippen LogP) is 1.87. The zero-order valence-electron chi connectivity index (χ0n) is 16.0. The summed E-state index contributed by atoms with van der Waals surface area (Å²) in [6, 6.07) is 7.02. The molecule has 3 amide bonds. The van der Waals surface area contributed by atoms with Gasteiger partial charge in [0.25, 0.3) is 5.91 Å². The number of anilines is 1. The van der Waals surface area contributed by atoms with Gasteiger partial charge < -0.3 is 20.7 Å². The Morgan fingerprint density at radius 2 is 1.82 bits per heavy atom. The van der Waals surface area contributed by atoms with Crippen LogP contribution in [-0.4, -0.2) is 40.0 Å². The van der Waals surface area contributed by atoms with E-state index < -0.39 is 17.6 Å². The van der Waals surface area contributed by atoms with Gasteiger partial charge in [-0.05, 0) is 32.4 Å². The summed E-state index contributed by atoms with van der Waals surface area (Å²) in [5.74, 6) is -0.792. The molecule has 28 heavy (non-hydrogen) atoms. The second-order valence-corrected chi connectivity index (χ2v) is 6.83. The van der Waals surface area contributed by atoms with Crippen molar-refractivity contribution in [3.05, 3.63) is 54.1 Å². The maximum absolute atomic E-state index is 12.1. The molecule has 2 rings (SSSR count). The van der Waals surface area contributed by atoms with Crippen LogP contribution < -0.4 is 16.0 Å². The van der Waals surface area contributed by atoms with E-state index in [1.165, 1.54) is 18.6 Å².